The minimum absolute atomic E-state index is 0.0353. The first-order valence-corrected chi connectivity index (χ1v) is 7.51. The Labute approximate surface area is 133 Å². The fraction of sp³-hybridized carbons (Fsp3) is 0.375. The van der Waals surface area contributed by atoms with Crippen molar-refractivity contribution in [2.45, 2.75) is 6.04 Å². The van der Waals surface area contributed by atoms with Crippen LogP contribution in [-0.2, 0) is 4.74 Å². The summed E-state index contributed by atoms with van der Waals surface area (Å²) in [6.07, 6.45) is 2.24. The van der Waals surface area contributed by atoms with Crippen molar-refractivity contribution >= 4 is 5.95 Å². The van der Waals surface area contributed by atoms with Crippen LogP contribution in [0.5, 0.6) is 0 Å². The van der Waals surface area contributed by atoms with E-state index in [1.165, 1.54) is 12.1 Å². The van der Waals surface area contributed by atoms with Crippen molar-refractivity contribution < 1.29 is 13.5 Å². The van der Waals surface area contributed by atoms with Gasteiger partial charge in [-0.25, -0.2) is 18.7 Å². The molecule has 1 fully saturated rings. The van der Waals surface area contributed by atoms with Crippen LogP contribution in [0.1, 0.15) is 11.6 Å². The Bertz CT molecular complexity index is 615. The molecule has 1 N–H and O–H groups in total. The van der Waals surface area contributed by atoms with E-state index < -0.39 is 5.82 Å². The van der Waals surface area contributed by atoms with Crippen molar-refractivity contribution in [3.05, 3.63) is 53.9 Å². The highest BCUT2D eigenvalue weighted by atomic mass is 19.1. The molecule has 0 saturated carbocycles. The summed E-state index contributed by atoms with van der Waals surface area (Å²) in [5.74, 6) is -0.366. The van der Waals surface area contributed by atoms with E-state index in [0.29, 0.717) is 25.7 Å². The van der Waals surface area contributed by atoms with Crippen LogP contribution < -0.4 is 5.32 Å². The molecule has 1 aliphatic heterocycles. The molecule has 0 amide bonds. The highest BCUT2D eigenvalue weighted by Gasteiger charge is 2.22. The molecule has 1 aliphatic rings. The van der Waals surface area contributed by atoms with Crippen LogP contribution in [0, 0.1) is 11.6 Å². The number of anilines is 1. The number of ether oxygens (including phenoxy) is 1. The van der Waals surface area contributed by atoms with Gasteiger partial charge in [0.2, 0.25) is 5.95 Å². The van der Waals surface area contributed by atoms with Crippen molar-refractivity contribution in [2.24, 2.45) is 0 Å². The number of morpholine rings is 1. The van der Waals surface area contributed by atoms with Crippen LogP contribution in [0.25, 0.3) is 0 Å². The Morgan fingerprint density at radius 1 is 1.04 bits per heavy atom. The molecule has 122 valence electrons. The fourth-order valence-electron chi connectivity index (χ4n) is 2.62. The van der Waals surface area contributed by atoms with Gasteiger partial charge in [-0.15, -0.1) is 0 Å². The lowest BCUT2D eigenvalue weighted by molar-refractivity contribution is 0.0186. The summed E-state index contributed by atoms with van der Waals surface area (Å²) in [4.78, 5) is 10.1. The summed E-state index contributed by atoms with van der Waals surface area (Å²) < 4.78 is 31.4. The molecule has 3 rings (SSSR count). The summed E-state index contributed by atoms with van der Waals surface area (Å²) >= 11 is 0. The van der Waals surface area contributed by atoms with Crippen LogP contribution in [0.4, 0.5) is 14.7 Å². The number of aromatic nitrogens is 2. The molecule has 5 nitrogen and oxygen atoms in total. The molecule has 0 unspecified atom stereocenters. The summed E-state index contributed by atoms with van der Waals surface area (Å²) in [5, 5.41) is 3.12. The Hall–Kier alpha value is -2.12. The summed E-state index contributed by atoms with van der Waals surface area (Å²) in [7, 11) is 0. The number of hydrogen-bond acceptors (Lipinski definition) is 5. The molecule has 0 bridgehead atoms. The van der Waals surface area contributed by atoms with Gasteiger partial charge in [0.05, 0.1) is 31.6 Å². The van der Waals surface area contributed by atoms with E-state index in [4.69, 9.17) is 4.74 Å². The average molecular weight is 320 g/mol. The van der Waals surface area contributed by atoms with E-state index in [0.717, 1.165) is 31.0 Å². The lowest BCUT2D eigenvalue weighted by atomic mass is 10.0. The predicted octanol–water partition coefficient (Wildman–Crippen LogP) is 2.24. The topological polar surface area (TPSA) is 50.3 Å². The number of halogens is 2. The monoisotopic (exact) mass is 320 g/mol. The third kappa shape index (κ3) is 4.20. The third-order valence-corrected chi connectivity index (χ3v) is 3.82. The zero-order valence-electron chi connectivity index (χ0n) is 12.6. The van der Waals surface area contributed by atoms with Gasteiger partial charge in [-0.2, -0.15) is 0 Å². The van der Waals surface area contributed by atoms with E-state index in [1.807, 2.05) is 0 Å². The van der Waals surface area contributed by atoms with Gasteiger partial charge in [0, 0.05) is 19.6 Å². The SMILES string of the molecule is Fc1ccc([C@H](CNc2ncc(F)cn2)N2CCOCC2)cc1. The van der Waals surface area contributed by atoms with Crippen LogP contribution in [0.15, 0.2) is 36.7 Å². The summed E-state index contributed by atoms with van der Waals surface area (Å²) in [5.41, 5.74) is 1.00. The molecule has 7 heteroatoms. The van der Waals surface area contributed by atoms with Gasteiger partial charge in [-0.3, -0.25) is 4.90 Å². The zero-order chi connectivity index (χ0) is 16.1. The molecule has 23 heavy (non-hydrogen) atoms. The van der Waals surface area contributed by atoms with Crippen LogP contribution in [-0.4, -0.2) is 47.7 Å². The van der Waals surface area contributed by atoms with E-state index in [1.54, 1.807) is 12.1 Å². The molecule has 0 radical (unpaired) electrons. The number of rotatable bonds is 5. The highest BCUT2D eigenvalue weighted by molar-refractivity contribution is 5.27. The minimum Gasteiger partial charge on any atom is -0.379 e. The lowest BCUT2D eigenvalue weighted by Crippen LogP contribution is -2.41. The molecule has 1 aromatic carbocycles. The van der Waals surface area contributed by atoms with Gasteiger partial charge in [-0.05, 0) is 17.7 Å². The first kappa shape index (κ1) is 15.8. The second-order valence-electron chi connectivity index (χ2n) is 5.32. The first-order valence-electron chi connectivity index (χ1n) is 7.51. The molecule has 1 aromatic heterocycles. The van der Waals surface area contributed by atoms with Gasteiger partial charge < -0.3 is 10.1 Å². The summed E-state index contributed by atoms with van der Waals surface area (Å²) in [6.45, 7) is 3.48. The van der Waals surface area contributed by atoms with Gasteiger partial charge in [-0.1, -0.05) is 12.1 Å². The van der Waals surface area contributed by atoms with Crippen molar-refractivity contribution in [1.29, 1.82) is 0 Å². The number of benzene rings is 1. The fourth-order valence-corrected chi connectivity index (χ4v) is 2.62. The normalized spacial score (nSPS) is 17.0. The maximum Gasteiger partial charge on any atom is 0.222 e. The number of nitrogens with one attached hydrogen (secondary N) is 1. The van der Waals surface area contributed by atoms with E-state index >= 15 is 0 Å². The van der Waals surface area contributed by atoms with Crippen LogP contribution >= 0.6 is 0 Å². The van der Waals surface area contributed by atoms with Crippen LogP contribution in [0.2, 0.25) is 0 Å². The Kier molecular flexibility index (Phi) is 5.09. The van der Waals surface area contributed by atoms with E-state index in [2.05, 4.69) is 20.2 Å². The van der Waals surface area contributed by atoms with E-state index in [9.17, 15) is 8.78 Å². The minimum atomic E-state index is -0.473. The maximum atomic E-state index is 13.2. The van der Waals surface area contributed by atoms with Crippen molar-refractivity contribution in [1.82, 2.24) is 14.9 Å². The first-order chi connectivity index (χ1) is 11.2. The molecular formula is C16H18F2N4O. The average Bonchev–Trinajstić information content (AvgIpc) is 2.59. The molecular weight excluding hydrogens is 302 g/mol. The number of hydrogen-bond donors (Lipinski definition) is 1. The van der Waals surface area contributed by atoms with Gasteiger partial charge in [0.1, 0.15) is 5.82 Å². The highest BCUT2D eigenvalue weighted by Crippen LogP contribution is 2.22. The Morgan fingerprint density at radius 3 is 2.35 bits per heavy atom. The number of nitrogens with zero attached hydrogens (tertiary/aromatic N) is 3. The van der Waals surface area contributed by atoms with Crippen LogP contribution in [0.3, 0.4) is 0 Å². The lowest BCUT2D eigenvalue weighted by Gasteiger charge is -2.34. The standard InChI is InChI=1S/C16H18F2N4O/c17-13-3-1-12(2-4-13)15(22-5-7-23-8-6-22)11-21-16-19-9-14(18)10-20-16/h1-4,9-10,15H,5-8,11H2,(H,19,20,21)/t15-/m0/s1. The molecule has 1 atom stereocenters. The molecule has 2 aromatic rings. The zero-order valence-corrected chi connectivity index (χ0v) is 12.6. The predicted molar refractivity (Wildman–Crippen MR) is 82.0 cm³/mol. The third-order valence-electron chi connectivity index (χ3n) is 3.82. The molecule has 0 aliphatic carbocycles. The second-order valence-corrected chi connectivity index (χ2v) is 5.32. The molecule has 1 saturated heterocycles. The summed E-state index contributed by atoms with van der Waals surface area (Å²) in [6, 6.07) is 6.51. The van der Waals surface area contributed by atoms with Gasteiger partial charge in [0.25, 0.3) is 0 Å². The van der Waals surface area contributed by atoms with Gasteiger partial charge >= 0.3 is 0 Å². The van der Waals surface area contributed by atoms with Crippen molar-refractivity contribution in [3.8, 4) is 0 Å². The second kappa shape index (κ2) is 7.43. The Morgan fingerprint density at radius 2 is 1.70 bits per heavy atom. The maximum absolute atomic E-state index is 13.2. The van der Waals surface area contributed by atoms with Crippen molar-refractivity contribution in [3.63, 3.8) is 0 Å². The Balaban J connectivity index is 1.74. The molecule has 2 heterocycles. The smallest absolute Gasteiger partial charge is 0.222 e. The van der Waals surface area contributed by atoms with Gasteiger partial charge in [0.15, 0.2) is 5.82 Å². The molecule has 0 spiro atoms. The van der Waals surface area contributed by atoms with Crippen molar-refractivity contribution in [2.75, 3.05) is 38.2 Å². The largest absolute Gasteiger partial charge is 0.379 e. The van der Waals surface area contributed by atoms with E-state index in [-0.39, 0.29) is 11.9 Å². The quantitative estimate of drug-likeness (QED) is 0.916.